The largest absolute Gasteiger partial charge is 0.243 e. The maximum Gasteiger partial charge on any atom is 0.243 e. The highest BCUT2D eigenvalue weighted by Gasteiger charge is 2.29. The molecule has 0 nitrogen and oxygen atoms in total. The van der Waals surface area contributed by atoms with Gasteiger partial charge in [0.05, 0.1) is 0 Å². The summed E-state index contributed by atoms with van der Waals surface area (Å²) in [5, 5.41) is 7.74. The van der Waals surface area contributed by atoms with Gasteiger partial charge in [-0.1, -0.05) is 191 Å². The number of aryl methyl sites for hydroxylation is 2. The molecule has 0 bridgehead atoms. The molecule has 0 N–H and O–H groups in total. The molecule has 0 saturated carbocycles. The summed E-state index contributed by atoms with van der Waals surface area (Å²) in [6.45, 7) is 4.61. The van der Waals surface area contributed by atoms with Gasteiger partial charge in [-0.25, -0.2) is 0 Å². The van der Waals surface area contributed by atoms with Crippen LogP contribution in [0.3, 0.4) is 0 Å². The second-order valence-electron chi connectivity index (χ2n) is 12.2. The predicted molar refractivity (Wildman–Crippen MR) is 197 cm³/mol. The first kappa shape index (κ1) is 27.2. The van der Waals surface area contributed by atoms with Crippen LogP contribution < -0.4 is 16.4 Å². The molecule has 8 aromatic carbocycles. The van der Waals surface area contributed by atoms with Gasteiger partial charge in [0, 0.05) is 0 Å². The average molecular weight is 573 g/mol. The van der Waals surface area contributed by atoms with Crippen LogP contribution in [0.4, 0.5) is 0 Å². The molecule has 0 heterocycles. The number of rotatable bonds is 5. The predicted octanol–water partition coefficient (Wildman–Crippen LogP) is 9.61. The summed E-state index contributed by atoms with van der Waals surface area (Å²) in [6, 6.07) is 60.3. The zero-order valence-corrected chi connectivity index (χ0v) is 25.7. The molecule has 8 rings (SSSR count). The smallest absolute Gasteiger partial charge is 0.0680 e. The second-order valence-corrected chi connectivity index (χ2v) is 12.2. The Morgan fingerprint density at radius 1 is 0.356 bits per heavy atom. The normalized spacial score (nSPS) is 11.3. The lowest BCUT2D eigenvalue weighted by molar-refractivity contribution is 1.52. The molecule has 0 saturated heterocycles. The van der Waals surface area contributed by atoms with E-state index in [4.69, 9.17) is 0 Å². The van der Waals surface area contributed by atoms with E-state index >= 15 is 0 Å². The van der Waals surface area contributed by atoms with E-state index < -0.39 is 0 Å². The van der Waals surface area contributed by atoms with E-state index in [1.165, 1.54) is 82.1 Å². The summed E-state index contributed by atoms with van der Waals surface area (Å²) in [5.41, 5.74) is 11.7. The molecule has 45 heavy (non-hydrogen) atoms. The highest BCUT2D eigenvalue weighted by atomic mass is 14.2. The van der Waals surface area contributed by atoms with Crippen molar-refractivity contribution in [2.75, 3.05) is 0 Å². The van der Waals surface area contributed by atoms with Crippen molar-refractivity contribution in [3.8, 4) is 22.3 Å². The van der Waals surface area contributed by atoms with Crippen molar-refractivity contribution in [2.24, 2.45) is 0 Å². The van der Waals surface area contributed by atoms with Crippen LogP contribution in [-0.4, -0.2) is 6.71 Å². The van der Waals surface area contributed by atoms with Gasteiger partial charge in [0.25, 0.3) is 0 Å². The maximum absolute atomic E-state index is 2.44. The van der Waals surface area contributed by atoms with Gasteiger partial charge in [-0.2, -0.15) is 0 Å². The Morgan fingerprint density at radius 3 is 1.40 bits per heavy atom. The Kier molecular flexibility index (Phi) is 6.80. The molecule has 0 amide bonds. The molecule has 212 valence electrons. The lowest BCUT2D eigenvalue weighted by Crippen LogP contribution is -2.54. The minimum absolute atomic E-state index is 0.0667. The van der Waals surface area contributed by atoms with Crippen molar-refractivity contribution in [2.45, 2.75) is 13.8 Å². The molecule has 0 aliphatic heterocycles. The molecule has 0 radical (unpaired) electrons. The zero-order chi connectivity index (χ0) is 30.3. The van der Waals surface area contributed by atoms with Crippen LogP contribution in [0.5, 0.6) is 0 Å². The molecule has 0 fully saturated rings. The van der Waals surface area contributed by atoms with Crippen LogP contribution in [0.15, 0.2) is 164 Å². The van der Waals surface area contributed by atoms with Gasteiger partial charge >= 0.3 is 0 Å². The molecule has 1 heteroatoms. The van der Waals surface area contributed by atoms with Gasteiger partial charge in [-0.3, -0.25) is 0 Å². The molecular weight excluding hydrogens is 539 g/mol. The van der Waals surface area contributed by atoms with Gasteiger partial charge in [-0.15, -0.1) is 0 Å². The van der Waals surface area contributed by atoms with Crippen LogP contribution >= 0.6 is 0 Å². The van der Waals surface area contributed by atoms with Crippen LogP contribution in [0.2, 0.25) is 0 Å². The van der Waals surface area contributed by atoms with Gasteiger partial charge < -0.3 is 0 Å². The van der Waals surface area contributed by atoms with E-state index in [9.17, 15) is 0 Å². The summed E-state index contributed by atoms with van der Waals surface area (Å²) in [4.78, 5) is 0. The summed E-state index contributed by atoms with van der Waals surface area (Å²) in [7, 11) is 0. The third kappa shape index (κ3) is 4.73. The Balaban J connectivity index is 1.39. The van der Waals surface area contributed by atoms with Gasteiger partial charge in [-0.05, 0) is 68.4 Å². The maximum atomic E-state index is 2.44. The molecule has 8 aromatic rings. The first-order valence-corrected chi connectivity index (χ1v) is 15.8. The van der Waals surface area contributed by atoms with Crippen molar-refractivity contribution in [1.82, 2.24) is 0 Å². The SMILES string of the molecule is Cc1ccc2ccccc2c1B(c1cccc(-c2ccc(-c3ccccc3)c3ccccc23)c1)c1c(C)ccc2ccccc12. The monoisotopic (exact) mass is 572 g/mol. The minimum Gasteiger partial charge on any atom is -0.0680 e. The Labute approximate surface area is 265 Å². The number of fused-ring (bicyclic) bond motifs is 3. The molecule has 0 aromatic heterocycles. The Bertz CT molecular complexity index is 2260. The van der Waals surface area contributed by atoms with Crippen molar-refractivity contribution >= 4 is 55.4 Å². The van der Waals surface area contributed by atoms with Crippen molar-refractivity contribution in [3.05, 3.63) is 175 Å². The fourth-order valence-electron chi connectivity index (χ4n) is 7.36. The number of hydrogen-bond acceptors (Lipinski definition) is 0. The Morgan fingerprint density at radius 2 is 0.822 bits per heavy atom. The van der Waals surface area contributed by atoms with E-state index in [0.29, 0.717) is 0 Å². The third-order valence-electron chi connectivity index (χ3n) is 9.49. The van der Waals surface area contributed by atoms with E-state index in [0.717, 1.165) is 0 Å². The van der Waals surface area contributed by atoms with E-state index in [1.54, 1.807) is 0 Å². The summed E-state index contributed by atoms with van der Waals surface area (Å²) >= 11 is 0. The highest BCUT2D eigenvalue weighted by molar-refractivity contribution is 6.98. The van der Waals surface area contributed by atoms with Crippen LogP contribution in [0, 0.1) is 13.8 Å². The molecule has 0 atom stereocenters. The van der Waals surface area contributed by atoms with Crippen molar-refractivity contribution < 1.29 is 0 Å². The summed E-state index contributed by atoms with van der Waals surface area (Å²) in [5.74, 6) is 0. The third-order valence-corrected chi connectivity index (χ3v) is 9.49. The highest BCUT2D eigenvalue weighted by Crippen LogP contribution is 2.35. The first-order valence-electron chi connectivity index (χ1n) is 15.8. The van der Waals surface area contributed by atoms with Crippen LogP contribution in [-0.2, 0) is 0 Å². The van der Waals surface area contributed by atoms with Gasteiger partial charge in [0.1, 0.15) is 0 Å². The minimum atomic E-state index is 0.0667. The quantitative estimate of drug-likeness (QED) is 0.180. The van der Waals surface area contributed by atoms with E-state index in [2.05, 4.69) is 178 Å². The number of benzene rings is 8. The lowest BCUT2D eigenvalue weighted by atomic mass is 9.34. The number of hydrogen-bond donors (Lipinski definition) is 0. The van der Waals surface area contributed by atoms with Crippen LogP contribution in [0.25, 0.3) is 54.6 Å². The lowest BCUT2D eigenvalue weighted by Gasteiger charge is -2.24. The fourth-order valence-corrected chi connectivity index (χ4v) is 7.36. The first-order chi connectivity index (χ1) is 22.2. The Hall–Kier alpha value is -5.40. The summed E-state index contributed by atoms with van der Waals surface area (Å²) in [6.07, 6.45) is 0. The van der Waals surface area contributed by atoms with E-state index in [-0.39, 0.29) is 6.71 Å². The second kappa shape index (κ2) is 11.3. The van der Waals surface area contributed by atoms with Gasteiger partial charge in [0.2, 0.25) is 6.71 Å². The molecule has 0 aliphatic carbocycles. The zero-order valence-electron chi connectivity index (χ0n) is 25.7. The molecular formula is C44H33B. The average Bonchev–Trinajstić information content (AvgIpc) is 3.10. The topological polar surface area (TPSA) is 0 Å². The van der Waals surface area contributed by atoms with Crippen molar-refractivity contribution in [3.63, 3.8) is 0 Å². The molecule has 0 unspecified atom stereocenters. The molecule has 0 spiro atoms. The summed E-state index contributed by atoms with van der Waals surface area (Å²) < 4.78 is 0. The standard InChI is InChI=1S/C44H33B/c1-30-23-25-33-15-6-8-19-39(33)43(30)45(44-31(2)24-26-34-16-7-9-20-40(34)44)36-18-12-17-35(29-36)38-28-27-37(32-13-4-3-5-14-32)41-21-10-11-22-42(38)41/h3-29H,1-2H3. The van der Waals surface area contributed by atoms with Gasteiger partial charge in [0.15, 0.2) is 0 Å². The molecule has 0 aliphatic rings. The van der Waals surface area contributed by atoms with Crippen molar-refractivity contribution in [1.29, 1.82) is 0 Å². The van der Waals surface area contributed by atoms with Crippen LogP contribution in [0.1, 0.15) is 11.1 Å². The van der Waals surface area contributed by atoms with E-state index in [1.807, 2.05) is 0 Å². The fraction of sp³-hybridized carbons (Fsp3) is 0.0455.